The highest BCUT2D eigenvalue weighted by molar-refractivity contribution is 6.72. The lowest BCUT2D eigenvalue weighted by Crippen LogP contribution is -2.58. The van der Waals surface area contributed by atoms with Crippen LogP contribution in [0.3, 0.4) is 0 Å². The second-order valence-corrected chi connectivity index (χ2v) is 10.2. The molecule has 0 aromatic carbocycles. The third-order valence-electron chi connectivity index (χ3n) is 5.02. The van der Waals surface area contributed by atoms with E-state index in [2.05, 4.69) is 48.5 Å². The van der Waals surface area contributed by atoms with E-state index >= 15 is 0 Å². The second-order valence-electron chi connectivity index (χ2n) is 5.98. The first kappa shape index (κ1) is 17.1. The van der Waals surface area contributed by atoms with Crippen LogP contribution in [0, 0.1) is 11.8 Å². The molecule has 0 aliphatic heterocycles. The summed E-state index contributed by atoms with van der Waals surface area (Å²) in [6, 6.07) is 0. The Morgan fingerprint density at radius 3 is 1.47 bits per heavy atom. The molecule has 0 saturated heterocycles. The van der Waals surface area contributed by atoms with E-state index in [1.165, 1.54) is 0 Å². The van der Waals surface area contributed by atoms with Gasteiger partial charge in [-0.3, -0.25) is 0 Å². The van der Waals surface area contributed by atoms with Crippen LogP contribution in [0.5, 0.6) is 0 Å². The molecule has 0 aromatic rings. The van der Waals surface area contributed by atoms with Crippen molar-refractivity contribution in [3.63, 3.8) is 0 Å². The molecule has 0 aliphatic carbocycles. The molecule has 3 heteroatoms. The average Bonchev–Trinajstić information content (AvgIpc) is 2.29. The van der Waals surface area contributed by atoms with Crippen molar-refractivity contribution in [3.8, 4) is 0 Å². The predicted octanol–water partition coefficient (Wildman–Crippen LogP) is 4.59. The molecule has 0 N–H and O–H groups in total. The van der Waals surface area contributed by atoms with Crippen molar-refractivity contribution < 1.29 is 8.85 Å². The Kier molecular flexibility index (Phi) is 6.40. The van der Waals surface area contributed by atoms with E-state index in [0.29, 0.717) is 17.4 Å². The summed E-state index contributed by atoms with van der Waals surface area (Å²) in [6.45, 7) is 16.0. The van der Waals surface area contributed by atoms with Gasteiger partial charge in [0.15, 0.2) is 0 Å². The van der Waals surface area contributed by atoms with Crippen molar-refractivity contribution in [2.75, 3.05) is 14.2 Å². The topological polar surface area (TPSA) is 18.5 Å². The summed E-state index contributed by atoms with van der Waals surface area (Å²) >= 11 is 0. The number of rotatable bonds is 7. The molecule has 1 unspecified atom stereocenters. The molecule has 0 bridgehead atoms. The first-order valence-electron chi connectivity index (χ1n) is 6.84. The molecule has 0 amide bonds. The first-order chi connectivity index (χ1) is 7.74. The lowest BCUT2D eigenvalue weighted by atomic mass is 9.86. The van der Waals surface area contributed by atoms with Gasteiger partial charge in [-0.2, -0.15) is 0 Å². The van der Waals surface area contributed by atoms with Crippen LogP contribution in [-0.2, 0) is 8.85 Å². The molecule has 0 aliphatic rings. The van der Waals surface area contributed by atoms with E-state index in [9.17, 15) is 0 Å². The Hall–Kier alpha value is 0.137. The van der Waals surface area contributed by atoms with Gasteiger partial charge in [0.05, 0.1) is 0 Å². The van der Waals surface area contributed by atoms with Crippen molar-refractivity contribution in [3.05, 3.63) is 0 Å². The number of hydrogen-bond donors (Lipinski definition) is 0. The summed E-state index contributed by atoms with van der Waals surface area (Å²) in [6.07, 6.45) is 1.11. The lowest BCUT2D eigenvalue weighted by Gasteiger charge is -2.51. The highest BCUT2D eigenvalue weighted by Crippen LogP contribution is 2.56. The minimum Gasteiger partial charge on any atom is -0.397 e. The lowest BCUT2D eigenvalue weighted by molar-refractivity contribution is 0.149. The van der Waals surface area contributed by atoms with Crippen LogP contribution < -0.4 is 0 Å². The molecular weight excluding hydrogens is 228 g/mol. The maximum absolute atomic E-state index is 6.04. The highest BCUT2D eigenvalue weighted by atomic mass is 28.4. The van der Waals surface area contributed by atoms with Crippen LogP contribution in [0.25, 0.3) is 0 Å². The largest absolute Gasteiger partial charge is 0.397 e. The molecule has 1 atom stereocenters. The Balaban J connectivity index is 5.69. The van der Waals surface area contributed by atoms with Crippen molar-refractivity contribution >= 4 is 8.56 Å². The molecule has 0 spiro atoms. The van der Waals surface area contributed by atoms with E-state index in [1.807, 2.05) is 14.2 Å². The molecule has 2 nitrogen and oxygen atoms in total. The molecular formula is C14H32O2Si. The fraction of sp³-hybridized carbons (Fsp3) is 1.00. The summed E-state index contributed by atoms with van der Waals surface area (Å²) < 4.78 is 12.1. The molecule has 0 radical (unpaired) electrons. The minimum absolute atomic E-state index is 0.131. The van der Waals surface area contributed by atoms with Gasteiger partial charge in [-0.25, -0.2) is 0 Å². The van der Waals surface area contributed by atoms with Gasteiger partial charge < -0.3 is 8.85 Å². The number of hydrogen-bond acceptors (Lipinski definition) is 2. The SMILES string of the molecule is CCC(C)[Si](OC)(OC)C(C)(C(C)C)C(C)C. The van der Waals surface area contributed by atoms with Crippen LogP contribution in [0.1, 0.15) is 54.9 Å². The minimum atomic E-state index is -2.23. The molecule has 17 heavy (non-hydrogen) atoms. The standard InChI is InChI=1S/C14H32O2Si/c1-10-13(6)17(15-8,16-9)14(7,11(2)3)12(4)5/h11-13H,10H2,1-9H3. The molecule has 0 fully saturated rings. The third kappa shape index (κ3) is 2.61. The summed E-state index contributed by atoms with van der Waals surface area (Å²) in [5, 5.41) is 0.131. The zero-order valence-electron chi connectivity index (χ0n) is 13.3. The van der Waals surface area contributed by atoms with Crippen LogP contribution in [0.4, 0.5) is 0 Å². The van der Waals surface area contributed by atoms with Crippen LogP contribution >= 0.6 is 0 Å². The fourth-order valence-corrected chi connectivity index (χ4v) is 8.26. The smallest absolute Gasteiger partial charge is 0.347 e. The highest BCUT2D eigenvalue weighted by Gasteiger charge is 2.59. The van der Waals surface area contributed by atoms with E-state index < -0.39 is 8.56 Å². The van der Waals surface area contributed by atoms with E-state index in [4.69, 9.17) is 8.85 Å². The van der Waals surface area contributed by atoms with Gasteiger partial charge in [0.25, 0.3) is 0 Å². The van der Waals surface area contributed by atoms with E-state index in [1.54, 1.807) is 0 Å². The van der Waals surface area contributed by atoms with Gasteiger partial charge in [0.1, 0.15) is 0 Å². The van der Waals surface area contributed by atoms with Crippen molar-refractivity contribution in [1.82, 2.24) is 0 Å². The Morgan fingerprint density at radius 1 is 0.941 bits per heavy atom. The van der Waals surface area contributed by atoms with E-state index in [-0.39, 0.29) is 5.04 Å². The Labute approximate surface area is 109 Å². The van der Waals surface area contributed by atoms with Gasteiger partial charge in [-0.1, -0.05) is 54.9 Å². The van der Waals surface area contributed by atoms with Crippen molar-refractivity contribution in [2.24, 2.45) is 11.8 Å². The van der Waals surface area contributed by atoms with Gasteiger partial charge in [0.2, 0.25) is 0 Å². The van der Waals surface area contributed by atoms with Crippen molar-refractivity contribution in [2.45, 2.75) is 65.5 Å². The van der Waals surface area contributed by atoms with Gasteiger partial charge in [-0.15, -0.1) is 0 Å². The summed E-state index contributed by atoms with van der Waals surface area (Å²) in [7, 11) is 1.45. The molecule has 0 saturated carbocycles. The van der Waals surface area contributed by atoms with Gasteiger partial charge in [0, 0.05) is 24.8 Å². The maximum atomic E-state index is 6.04. The summed E-state index contributed by atoms with van der Waals surface area (Å²) in [5.41, 5.74) is 0.507. The molecule has 0 heterocycles. The fourth-order valence-electron chi connectivity index (χ4n) is 3.20. The van der Waals surface area contributed by atoms with Gasteiger partial charge in [-0.05, 0) is 11.8 Å². The normalized spacial score (nSPS) is 15.7. The Bertz CT molecular complexity index is 214. The summed E-state index contributed by atoms with van der Waals surface area (Å²) in [4.78, 5) is 0. The summed E-state index contributed by atoms with van der Waals surface area (Å²) in [5.74, 6) is 1.12. The molecule has 0 aromatic heterocycles. The second kappa shape index (κ2) is 6.35. The van der Waals surface area contributed by atoms with Crippen LogP contribution in [0.2, 0.25) is 10.6 Å². The monoisotopic (exact) mass is 260 g/mol. The first-order valence-corrected chi connectivity index (χ1v) is 8.74. The zero-order chi connectivity index (χ0) is 13.9. The predicted molar refractivity (Wildman–Crippen MR) is 77.5 cm³/mol. The quantitative estimate of drug-likeness (QED) is 0.623. The van der Waals surface area contributed by atoms with Crippen molar-refractivity contribution in [1.29, 1.82) is 0 Å². The molecule has 0 rings (SSSR count). The molecule has 104 valence electrons. The van der Waals surface area contributed by atoms with E-state index in [0.717, 1.165) is 6.42 Å². The maximum Gasteiger partial charge on any atom is 0.347 e. The van der Waals surface area contributed by atoms with Gasteiger partial charge >= 0.3 is 8.56 Å². The average molecular weight is 260 g/mol. The third-order valence-corrected chi connectivity index (χ3v) is 10.6. The van der Waals surface area contributed by atoms with Crippen LogP contribution in [-0.4, -0.2) is 22.8 Å². The zero-order valence-corrected chi connectivity index (χ0v) is 14.3. The Morgan fingerprint density at radius 2 is 1.29 bits per heavy atom. The van der Waals surface area contributed by atoms with Crippen LogP contribution in [0.15, 0.2) is 0 Å².